The Bertz CT molecular complexity index is 298. The molecule has 0 radical (unpaired) electrons. The van der Waals surface area contributed by atoms with E-state index in [1.54, 1.807) is 7.11 Å². The number of nitrogens with zero attached hydrogens (tertiary/aromatic N) is 1. The van der Waals surface area contributed by atoms with Gasteiger partial charge >= 0.3 is 0 Å². The van der Waals surface area contributed by atoms with Gasteiger partial charge in [0.05, 0.1) is 7.11 Å². The zero-order chi connectivity index (χ0) is 12.5. The molecule has 0 heterocycles. The first-order valence-corrected chi connectivity index (χ1v) is 6.18. The molecule has 3 nitrogen and oxygen atoms in total. The average molecular weight is 237 g/mol. The molecular weight excluding hydrogens is 214 g/mol. The molecule has 0 amide bonds. The molecule has 0 aromatic heterocycles. The number of hydrogen-bond donors (Lipinski definition) is 1. The highest BCUT2D eigenvalue weighted by Gasteiger charge is 2.00. The van der Waals surface area contributed by atoms with Crippen molar-refractivity contribution in [1.82, 2.24) is 4.90 Å². The number of methoxy groups -OCH3 is 1. The lowest BCUT2D eigenvalue weighted by Gasteiger charge is -2.16. The molecule has 0 unspecified atom stereocenters. The monoisotopic (exact) mass is 237 g/mol. The van der Waals surface area contributed by atoms with E-state index in [0.29, 0.717) is 6.61 Å². The van der Waals surface area contributed by atoms with Gasteiger partial charge in [0.1, 0.15) is 5.75 Å². The first-order chi connectivity index (χ1) is 8.26. The van der Waals surface area contributed by atoms with Crippen molar-refractivity contribution in [3.05, 3.63) is 29.8 Å². The van der Waals surface area contributed by atoms with Crippen LogP contribution in [0.1, 0.15) is 24.8 Å². The second-order valence-electron chi connectivity index (χ2n) is 4.37. The van der Waals surface area contributed by atoms with E-state index in [0.717, 1.165) is 38.1 Å². The third-order valence-electron chi connectivity index (χ3n) is 2.81. The number of benzene rings is 1. The zero-order valence-corrected chi connectivity index (χ0v) is 10.9. The van der Waals surface area contributed by atoms with Crippen LogP contribution in [0, 0.1) is 0 Å². The maximum Gasteiger partial charge on any atom is 0.118 e. The second-order valence-corrected chi connectivity index (χ2v) is 4.37. The summed E-state index contributed by atoms with van der Waals surface area (Å²) in [6.45, 7) is 2.34. The van der Waals surface area contributed by atoms with Crippen LogP contribution in [0.5, 0.6) is 5.75 Å². The van der Waals surface area contributed by atoms with Gasteiger partial charge in [-0.1, -0.05) is 12.1 Å². The Kier molecular flexibility index (Phi) is 6.67. The van der Waals surface area contributed by atoms with E-state index in [2.05, 4.69) is 24.1 Å². The summed E-state index contributed by atoms with van der Waals surface area (Å²) >= 11 is 0. The normalized spacial score (nSPS) is 10.8. The van der Waals surface area contributed by atoms with Gasteiger partial charge < -0.3 is 14.7 Å². The predicted molar refractivity (Wildman–Crippen MR) is 70.3 cm³/mol. The van der Waals surface area contributed by atoms with Crippen LogP contribution in [0.4, 0.5) is 0 Å². The van der Waals surface area contributed by atoms with Crippen LogP contribution in [-0.2, 0) is 6.54 Å². The topological polar surface area (TPSA) is 32.7 Å². The highest BCUT2D eigenvalue weighted by atomic mass is 16.5. The lowest BCUT2D eigenvalue weighted by molar-refractivity contribution is 0.271. The van der Waals surface area contributed by atoms with Gasteiger partial charge in [-0.2, -0.15) is 0 Å². The molecule has 1 aromatic rings. The van der Waals surface area contributed by atoms with Crippen LogP contribution in [0.25, 0.3) is 0 Å². The molecule has 0 atom stereocenters. The van der Waals surface area contributed by atoms with Gasteiger partial charge in [0, 0.05) is 13.2 Å². The highest BCUT2D eigenvalue weighted by molar-refractivity contribution is 5.26. The van der Waals surface area contributed by atoms with E-state index in [4.69, 9.17) is 9.84 Å². The Morgan fingerprint density at radius 1 is 1.12 bits per heavy atom. The van der Waals surface area contributed by atoms with Gasteiger partial charge in [0.15, 0.2) is 0 Å². The van der Waals surface area contributed by atoms with Crippen molar-refractivity contribution in [2.24, 2.45) is 0 Å². The fraction of sp³-hybridized carbons (Fsp3) is 0.571. The Balaban J connectivity index is 2.26. The third-order valence-corrected chi connectivity index (χ3v) is 2.81. The SMILES string of the molecule is COc1ccc(CN(C)CCCCCO)cc1. The van der Waals surface area contributed by atoms with Crippen molar-refractivity contribution < 1.29 is 9.84 Å². The van der Waals surface area contributed by atoms with Crippen LogP contribution in [-0.4, -0.2) is 37.3 Å². The largest absolute Gasteiger partial charge is 0.497 e. The average Bonchev–Trinajstić information content (AvgIpc) is 2.36. The van der Waals surface area contributed by atoms with Crippen LogP contribution in [0.15, 0.2) is 24.3 Å². The van der Waals surface area contributed by atoms with Gasteiger partial charge in [-0.05, 0) is 50.6 Å². The Morgan fingerprint density at radius 3 is 2.41 bits per heavy atom. The number of ether oxygens (including phenoxy) is 1. The minimum atomic E-state index is 0.308. The second kappa shape index (κ2) is 8.09. The van der Waals surface area contributed by atoms with Gasteiger partial charge in [0.25, 0.3) is 0 Å². The molecule has 0 aliphatic rings. The molecule has 0 aliphatic carbocycles. The van der Waals surface area contributed by atoms with E-state index in [1.165, 1.54) is 5.56 Å². The smallest absolute Gasteiger partial charge is 0.118 e. The highest BCUT2D eigenvalue weighted by Crippen LogP contribution is 2.12. The molecule has 1 rings (SSSR count). The summed E-state index contributed by atoms with van der Waals surface area (Å²) in [7, 11) is 3.81. The van der Waals surface area contributed by atoms with E-state index >= 15 is 0 Å². The van der Waals surface area contributed by atoms with Crippen molar-refractivity contribution in [2.45, 2.75) is 25.8 Å². The molecule has 17 heavy (non-hydrogen) atoms. The first-order valence-electron chi connectivity index (χ1n) is 6.18. The fourth-order valence-corrected chi connectivity index (χ4v) is 1.79. The van der Waals surface area contributed by atoms with E-state index in [9.17, 15) is 0 Å². The standard InChI is InChI=1S/C14H23NO2/c1-15(10-4-3-5-11-16)12-13-6-8-14(17-2)9-7-13/h6-9,16H,3-5,10-12H2,1-2H3. The summed E-state index contributed by atoms with van der Waals surface area (Å²) in [5, 5.41) is 8.69. The van der Waals surface area contributed by atoms with Gasteiger partial charge in [-0.15, -0.1) is 0 Å². The minimum absolute atomic E-state index is 0.308. The molecule has 96 valence electrons. The van der Waals surface area contributed by atoms with Gasteiger partial charge in [0.2, 0.25) is 0 Å². The lowest BCUT2D eigenvalue weighted by Crippen LogP contribution is -2.19. The van der Waals surface area contributed by atoms with Crippen molar-refractivity contribution >= 4 is 0 Å². The maximum atomic E-state index is 8.69. The summed E-state index contributed by atoms with van der Waals surface area (Å²) < 4.78 is 5.13. The van der Waals surface area contributed by atoms with Crippen LogP contribution in [0.2, 0.25) is 0 Å². The first kappa shape index (κ1) is 14.0. The summed E-state index contributed by atoms with van der Waals surface area (Å²) in [5.41, 5.74) is 1.30. The molecule has 0 bridgehead atoms. The molecule has 3 heteroatoms. The maximum absolute atomic E-state index is 8.69. The molecule has 1 aromatic carbocycles. The van der Waals surface area contributed by atoms with Crippen molar-refractivity contribution in [2.75, 3.05) is 27.3 Å². The zero-order valence-electron chi connectivity index (χ0n) is 10.9. The number of aliphatic hydroxyl groups is 1. The molecular formula is C14H23NO2. The van der Waals surface area contributed by atoms with Crippen molar-refractivity contribution in [3.63, 3.8) is 0 Å². The van der Waals surface area contributed by atoms with Gasteiger partial charge in [-0.25, -0.2) is 0 Å². The third kappa shape index (κ3) is 5.71. The summed E-state index contributed by atoms with van der Waals surface area (Å²) in [5.74, 6) is 0.902. The number of unbranched alkanes of at least 4 members (excludes halogenated alkanes) is 2. The van der Waals surface area contributed by atoms with E-state index in [1.807, 2.05) is 12.1 Å². The van der Waals surface area contributed by atoms with Gasteiger partial charge in [-0.3, -0.25) is 0 Å². The van der Waals surface area contributed by atoms with Crippen LogP contribution >= 0.6 is 0 Å². The molecule has 0 spiro atoms. The summed E-state index contributed by atoms with van der Waals surface area (Å²) in [6, 6.07) is 8.19. The number of rotatable bonds is 8. The molecule has 0 fully saturated rings. The van der Waals surface area contributed by atoms with Crippen LogP contribution < -0.4 is 4.74 Å². The predicted octanol–water partition coefficient (Wildman–Crippen LogP) is 2.29. The molecule has 1 N–H and O–H groups in total. The number of aliphatic hydroxyl groups excluding tert-OH is 1. The lowest BCUT2D eigenvalue weighted by atomic mass is 10.2. The fourth-order valence-electron chi connectivity index (χ4n) is 1.79. The number of hydrogen-bond acceptors (Lipinski definition) is 3. The quantitative estimate of drug-likeness (QED) is 0.704. The minimum Gasteiger partial charge on any atom is -0.497 e. The Labute approximate surface area is 104 Å². The molecule has 0 saturated carbocycles. The Hall–Kier alpha value is -1.06. The van der Waals surface area contributed by atoms with E-state index < -0.39 is 0 Å². The van der Waals surface area contributed by atoms with Crippen LogP contribution in [0.3, 0.4) is 0 Å². The van der Waals surface area contributed by atoms with E-state index in [-0.39, 0.29) is 0 Å². The molecule has 0 aliphatic heterocycles. The summed E-state index contributed by atoms with van der Waals surface area (Å²) in [4.78, 5) is 2.30. The Morgan fingerprint density at radius 2 is 1.82 bits per heavy atom. The van der Waals surface area contributed by atoms with Crippen molar-refractivity contribution in [1.29, 1.82) is 0 Å². The molecule has 0 saturated heterocycles. The summed E-state index contributed by atoms with van der Waals surface area (Å²) in [6.07, 6.45) is 3.16. The van der Waals surface area contributed by atoms with Crippen molar-refractivity contribution in [3.8, 4) is 5.75 Å².